The van der Waals surface area contributed by atoms with E-state index in [-0.39, 0.29) is 17.5 Å². The normalized spacial score (nSPS) is 13.0. The lowest BCUT2D eigenvalue weighted by Crippen LogP contribution is -2.30. The molecule has 0 aromatic heterocycles. The quantitative estimate of drug-likeness (QED) is 0.574. The third kappa shape index (κ3) is 4.31. The van der Waals surface area contributed by atoms with Gasteiger partial charge >= 0.3 is 0 Å². The van der Waals surface area contributed by atoms with Crippen LogP contribution in [0.25, 0.3) is 0 Å². The Bertz CT molecular complexity index is 820. The summed E-state index contributed by atoms with van der Waals surface area (Å²) < 4.78 is 26.4. The van der Waals surface area contributed by atoms with E-state index in [1.165, 1.54) is 35.6 Å². The summed E-state index contributed by atoms with van der Waals surface area (Å²) in [5.74, 6) is -0.223. The van der Waals surface area contributed by atoms with Gasteiger partial charge in [0.05, 0.1) is 10.7 Å². The van der Waals surface area contributed by atoms with Crippen LogP contribution in [-0.4, -0.2) is 24.7 Å². The number of nitrogens with zero attached hydrogens (tertiary/aromatic N) is 2. The SMILES string of the molecule is C[C@@H](c1ccc(Cl)cc1)N(C)S(=O)(=O)Cc1ccc([N+](=O)[O-])cc1. The fraction of sp³-hybridized carbons (Fsp3) is 0.250. The summed E-state index contributed by atoms with van der Waals surface area (Å²) >= 11 is 5.85. The Morgan fingerprint density at radius 2 is 1.67 bits per heavy atom. The maximum Gasteiger partial charge on any atom is 0.269 e. The van der Waals surface area contributed by atoms with Gasteiger partial charge in [-0.2, -0.15) is 4.31 Å². The van der Waals surface area contributed by atoms with E-state index in [0.29, 0.717) is 10.6 Å². The average molecular weight is 369 g/mol. The van der Waals surface area contributed by atoms with Crippen molar-refractivity contribution < 1.29 is 13.3 Å². The van der Waals surface area contributed by atoms with Crippen molar-refractivity contribution in [2.75, 3.05) is 7.05 Å². The van der Waals surface area contributed by atoms with Crippen LogP contribution in [0.4, 0.5) is 5.69 Å². The maximum absolute atomic E-state index is 12.6. The Balaban J connectivity index is 2.16. The third-order valence-corrected chi connectivity index (χ3v) is 5.98. The summed E-state index contributed by atoms with van der Waals surface area (Å²) in [6, 6.07) is 12.1. The summed E-state index contributed by atoms with van der Waals surface area (Å²) in [5.41, 5.74) is 1.25. The molecule has 8 heteroatoms. The molecule has 0 radical (unpaired) electrons. The minimum Gasteiger partial charge on any atom is -0.258 e. The highest BCUT2D eigenvalue weighted by Gasteiger charge is 2.25. The molecule has 6 nitrogen and oxygen atoms in total. The van der Waals surface area contributed by atoms with Crippen LogP contribution in [0, 0.1) is 10.1 Å². The van der Waals surface area contributed by atoms with Crippen LogP contribution in [-0.2, 0) is 15.8 Å². The molecule has 0 N–H and O–H groups in total. The summed E-state index contributed by atoms with van der Waals surface area (Å²) in [7, 11) is -2.06. The first-order chi connectivity index (χ1) is 11.2. The van der Waals surface area contributed by atoms with Crippen LogP contribution in [0.15, 0.2) is 48.5 Å². The van der Waals surface area contributed by atoms with Crippen molar-refractivity contribution in [3.8, 4) is 0 Å². The molecule has 2 rings (SSSR count). The van der Waals surface area contributed by atoms with Crippen LogP contribution in [0.2, 0.25) is 5.02 Å². The van der Waals surface area contributed by atoms with Crippen LogP contribution in [0.1, 0.15) is 24.1 Å². The number of rotatable bonds is 6. The van der Waals surface area contributed by atoms with E-state index in [2.05, 4.69) is 0 Å². The van der Waals surface area contributed by atoms with E-state index >= 15 is 0 Å². The van der Waals surface area contributed by atoms with Crippen LogP contribution in [0.5, 0.6) is 0 Å². The molecular formula is C16H17ClN2O4S. The van der Waals surface area contributed by atoms with Crippen LogP contribution >= 0.6 is 11.6 Å². The van der Waals surface area contributed by atoms with Gasteiger partial charge in [-0.1, -0.05) is 35.9 Å². The van der Waals surface area contributed by atoms with Gasteiger partial charge in [0.2, 0.25) is 10.0 Å². The molecule has 0 aliphatic heterocycles. The van der Waals surface area contributed by atoms with Crippen molar-refractivity contribution in [3.63, 3.8) is 0 Å². The molecule has 0 saturated carbocycles. The van der Waals surface area contributed by atoms with Crippen LogP contribution in [0.3, 0.4) is 0 Å². The van der Waals surface area contributed by atoms with Crippen molar-refractivity contribution in [1.82, 2.24) is 4.31 Å². The lowest BCUT2D eigenvalue weighted by molar-refractivity contribution is -0.384. The number of benzene rings is 2. The predicted molar refractivity (Wildman–Crippen MR) is 93.4 cm³/mol. The third-order valence-electron chi connectivity index (χ3n) is 3.83. The zero-order chi connectivity index (χ0) is 17.9. The molecule has 0 amide bonds. The zero-order valence-electron chi connectivity index (χ0n) is 13.2. The highest BCUT2D eigenvalue weighted by atomic mass is 35.5. The van der Waals surface area contributed by atoms with E-state index in [1.807, 2.05) is 0 Å². The highest BCUT2D eigenvalue weighted by Crippen LogP contribution is 2.25. The van der Waals surface area contributed by atoms with E-state index in [0.717, 1.165) is 5.56 Å². The summed E-state index contributed by atoms with van der Waals surface area (Å²) in [4.78, 5) is 10.1. The number of nitro groups is 1. The van der Waals surface area contributed by atoms with Gasteiger partial charge in [0.15, 0.2) is 0 Å². The molecule has 0 saturated heterocycles. The van der Waals surface area contributed by atoms with Crippen molar-refractivity contribution in [2.24, 2.45) is 0 Å². The smallest absolute Gasteiger partial charge is 0.258 e. The molecule has 0 aliphatic carbocycles. The Hall–Kier alpha value is -1.96. The minimum absolute atomic E-state index is 0.0703. The Morgan fingerprint density at radius 3 is 2.17 bits per heavy atom. The lowest BCUT2D eigenvalue weighted by atomic mass is 10.1. The Morgan fingerprint density at radius 1 is 1.12 bits per heavy atom. The molecule has 24 heavy (non-hydrogen) atoms. The second-order valence-electron chi connectivity index (χ2n) is 5.42. The van der Waals surface area contributed by atoms with E-state index in [9.17, 15) is 18.5 Å². The molecule has 0 bridgehead atoms. The fourth-order valence-corrected chi connectivity index (χ4v) is 3.77. The number of sulfonamides is 1. The monoisotopic (exact) mass is 368 g/mol. The molecule has 128 valence electrons. The molecule has 0 fully saturated rings. The van der Waals surface area contributed by atoms with Gasteiger partial charge in [-0.05, 0) is 30.2 Å². The topological polar surface area (TPSA) is 80.5 Å². The van der Waals surface area contributed by atoms with Gasteiger partial charge in [0.25, 0.3) is 5.69 Å². The largest absolute Gasteiger partial charge is 0.269 e. The summed E-state index contributed by atoms with van der Waals surface area (Å²) in [5, 5.41) is 11.2. The fourth-order valence-electron chi connectivity index (χ4n) is 2.22. The first-order valence-electron chi connectivity index (χ1n) is 7.15. The molecule has 1 atom stereocenters. The molecule has 2 aromatic carbocycles. The summed E-state index contributed by atoms with van der Waals surface area (Å²) in [6.45, 7) is 1.79. The number of halogens is 1. The number of hydrogen-bond donors (Lipinski definition) is 0. The number of hydrogen-bond acceptors (Lipinski definition) is 4. The average Bonchev–Trinajstić information content (AvgIpc) is 2.54. The van der Waals surface area contributed by atoms with Gasteiger partial charge in [0.1, 0.15) is 0 Å². The Labute approximate surface area is 145 Å². The van der Waals surface area contributed by atoms with E-state index in [4.69, 9.17) is 11.6 Å². The van der Waals surface area contributed by atoms with Gasteiger partial charge in [-0.25, -0.2) is 8.42 Å². The predicted octanol–water partition coefficient (Wildman–Crippen LogP) is 3.77. The van der Waals surface area contributed by atoms with Crippen molar-refractivity contribution >= 4 is 27.3 Å². The number of nitro benzene ring substituents is 1. The van der Waals surface area contributed by atoms with E-state index < -0.39 is 14.9 Å². The standard InChI is InChI=1S/C16H17ClN2O4S/c1-12(14-5-7-15(17)8-6-14)18(2)24(22,23)11-13-3-9-16(10-4-13)19(20)21/h3-10,12H,11H2,1-2H3/t12-/m0/s1. The lowest BCUT2D eigenvalue weighted by Gasteiger charge is -2.24. The van der Waals surface area contributed by atoms with Gasteiger partial charge in [-0.3, -0.25) is 10.1 Å². The first kappa shape index (κ1) is 18.4. The summed E-state index contributed by atoms with van der Waals surface area (Å²) in [6.07, 6.45) is 0. The zero-order valence-corrected chi connectivity index (χ0v) is 14.8. The highest BCUT2D eigenvalue weighted by molar-refractivity contribution is 7.88. The molecule has 0 aliphatic rings. The van der Waals surface area contributed by atoms with Gasteiger partial charge in [-0.15, -0.1) is 0 Å². The second-order valence-corrected chi connectivity index (χ2v) is 7.89. The molecular weight excluding hydrogens is 352 g/mol. The molecule has 0 heterocycles. The molecule has 2 aromatic rings. The van der Waals surface area contributed by atoms with Crippen molar-refractivity contribution in [1.29, 1.82) is 0 Å². The van der Waals surface area contributed by atoms with Gasteiger partial charge in [0, 0.05) is 30.2 Å². The molecule has 0 unspecified atom stereocenters. The maximum atomic E-state index is 12.6. The number of non-ortho nitro benzene ring substituents is 1. The minimum atomic E-state index is -3.57. The van der Waals surface area contributed by atoms with Crippen molar-refractivity contribution in [3.05, 3.63) is 74.8 Å². The molecule has 0 spiro atoms. The van der Waals surface area contributed by atoms with Gasteiger partial charge < -0.3 is 0 Å². The van der Waals surface area contributed by atoms with E-state index in [1.54, 1.807) is 31.2 Å². The first-order valence-corrected chi connectivity index (χ1v) is 9.14. The van der Waals surface area contributed by atoms with Crippen molar-refractivity contribution in [2.45, 2.75) is 18.7 Å². The Kier molecular flexibility index (Phi) is 5.58. The van der Waals surface area contributed by atoms with Crippen LogP contribution < -0.4 is 0 Å². The second kappa shape index (κ2) is 7.29.